The molecule has 0 fully saturated rings. The van der Waals surface area contributed by atoms with Gasteiger partial charge < -0.3 is 14.6 Å². The second-order valence-electron chi connectivity index (χ2n) is 8.30. The summed E-state index contributed by atoms with van der Waals surface area (Å²) in [7, 11) is -0.949. The molecule has 9 heteroatoms. The van der Waals surface area contributed by atoms with Gasteiger partial charge in [0.1, 0.15) is 29.0 Å². The Hall–Kier alpha value is -3.45. The van der Waals surface area contributed by atoms with Gasteiger partial charge in [-0.25, -0.2) is 12.8 Å². The molecule has 1 N–H and O–H groups in total. The molecule has 184 valence electrons. The van der Waals surface area contributed by atoms with Gasteiger partial charge in [-0.1, -0.05) is 30.3 Å². The van der Waals surface area contributed by atoms with Gasteiger partial charge in [0, 0.05) is 13.1 Å². The van der Waals surface area contributed by atoms with Gasteiger partial charge >= 0.3 is 0 Å². The van der Waals surface area contributed by atoms with E-state index in [1.54, 1.807) is 68.8 Å². The van der Waals surface area contributed by atoms with E-state index in [1.165, 1.54) is 23.4 Å². The summed E-state index contributed by atoms with van der Waals surface area (Å²) in [5, 5.41) is 20.2. The number of ether oxygens (including phenoxy) is 2. The molecule has 0 spiro atoms. The highest BCUT2D eigenvalue weighted by Crippen LogP contribution is 2.28. The Morgan fingerprint density at radius 1 is 0.943 bits per heavy atom. The molecular formula is C26H27FN2O5S. The number of halogens is 1. The fourth-order valence-corrected chi connectivity index (χ4v) is 5.35. The molecule has 35 heavy (non-hydrogen) atoms. The lowest BCUT2D eigenvalue weighted by Crippen LogP contribution is -2.40. The fourth-order valence-electron chi connectivity index (χ4n) is 3.60. The van der Waals surface area contributed by atoms with Crippen LogP contribution in [0.15, 0.2) is 66.7 Å². The van der Waals surface area contributed by atoms with E-state index in [1.807, 2.05) is 0 Å². The van der Waals surface area contributed by atoms with E-state index in [0.29, 0.717) is 11.5 Å². The van der Waals surface area contributed by atoms with Gasteiger partial charge in [-0.2, -0.15) is 9.57 Å². The highest BCUT2D eigenvalue weighted by atomic mass is 32.2. The third-order valence-electron chi connectivity index (χ3n) is 5.60. The number of sulfonamides is 1. The Labute approximate surface area is 205 Å². The molecule has 1 atom stereocenters. The predicted molar refractivity (Wildman–Crippen MR) is 130 cm³/mol. The second-order valence-corrected chi connectivity index (χ2v) is 10.3. The van der Waals surface area contributed by atoms with E-state index in [2.05, 4.69) is 0 Å². The third kappa shape index (κ3) is 6.57. The maximum absolute atomic E-state index is 13.8. The summed E-state index contributed by atoms with van der Waals surface area (Å²) in [5.41, 5.74) is -0.538. The van der Waals surface area contributed by atoms with Gasteiger partial charge in [0.25, 0.3) is 0 Å². The Morgan fingerprint density at radius 3 is 1.86 bits per heavy atom. The minimum atomic E-state index is -4.04. The molecule has 0 aliphatic heterocycles. The van der Waals surface area contributed by atoms with E-state index < -0.39 is 27.2 Å². The van der Waals surface area contributed by atoms with Crippen molar-refractivity contribution in [2.75, 3.05) is 20.0 Å². The van der Waals surface area contributed by atoms with Gasteiger partial charge in [-0.3, -0.25) is 0 Å². The zero-order chi connectivity index (χ0) is 25.6. The van der Waals surface area contributed by atoms with Crippen LogP contribution in [0.2, 0.25) is 0 Å². The van der Waals surface area contributed by atoms with Crippen LogP contribution >= 0.6 is 0 Å². The van der Waals surface area contributed by atoms with Crippen LogP contribution in [0.4, 0.5) is 4.39 Å². The van der Waals surface area contributed by atoms with Crippen molar-refractivity contribution in [3.8, 4) is 17.6 Å². The molecular weight excluding hydrogens is 471 g/mol. The van der Waals surface area contributed by atoms with Gasteiger partial charge in [-0.05, 0) is 60.0 Å². The Morgan fingerprint density at radius 2 is 1.43 bits per heavy atom. The minimum absolute atomic E-state index is 0.0568. The Balaban J connectivity index is 1.93. The molecule has 3 aromatic rings. The van der Waals surface area contributed by atoms with Gasteiger partial charge in [-0.15, -0.1) is 0 Å². The smallest absolute Gasteiger partial charge is 0.217 e. The van der Waals surface area contributed by atoms with Crippen molar-refractivity contribution in [1.82, 2.24) is 4.31 Å². The monoisotopic (exact) mass is 498 g/mol. The number of aliphatic hydroxyl groups is 1. The molecule has 0 radical (unpaired) electrons. The van der Waals surface area contributed by atoms with Crippen LogP contribution in [0.25, 0.3) is 0 Å². The molecule has 0 saturated carbocycles. The highest BCUT2D eigenvalue weighted by molar-refractivity contribution is 7.89. The largest absolute Gasteiger partial charge is 0.497 e. The first-order valence-electron chi connectivity index (χ1n) is 10.7. The third-order valence-corrected chi connectivity index (χ3v) is 7.57. The summed E-state index contributed by atoms with van der Waals surface area (Å²) in [4.78, 5) is 0. The zero-order valence-corrected chi connectivity index (χ0v) is 20.5. The number of methoxy groups -OCH3 is 2. The molecule has 7 nitrogen and oxygen atoms in total. The first-order chi connectivity index (χ1) is 16.6. The van der Waals surface area contributed by atoms with Crippen molar-refractivity contribution >= 4 is 10.0 Å². The van der Waals surface area contributed by atoms with Crippen LogP contribution in [-0.4, -0.2) is 37.8 Å². The summed E-state index contributed by atoms with van der Waals surface area (Å²) in [5.74, 6) is -0.116. The second kappa shape index (κ2) is 10.9. The van der Waals surface area contributed by atoms with Crippen molar-refractivity contribution in [1.29, 1.82) is 5.26 Å². The number of benzene rings is 3. The van der Waals surface area contributed by atoms with Crippen LogP contribution in [0.5, 0.6) is 11.5 Å². The van der Waals surface area contributed by atoms with E-state index in [4.69, 9.17) is 14.7 Å². The molecule has 3 aromatic carbocycles. The molecule has 0 heterocycles. The van der Waals surface area contributed by atoms with E-state index >= 15 is 0 Å². The average molecular weight is 499 g/mol. The van der Waals surface area contributed by atoms with Crippen LogP contribution in [0.3, 0.4) is 0 Å². The van der Waals surface area contributed by atoms with E-state index in [0.717, 1.165) is 17.2 Å². The van der Waals surface area contributed by atoms with E-state index in [9.17, 15) is 17.9 Å². The van der Waals surface area contributed by atoms with Crippen LogP contribution < -0.4 is 9.47 Å². The van der Waals surface area contributed by atoms with Crippen molar-refractivity contribution in [3.63, 3.8) is 0 Å². The molecule has 0 aliphatic carbocycles. The molecule has 0 amide bonds. The van der Waals surface area contributed by atoms with Crippen LogP contribution in [-0.2, 0) is 28.7 Å². The first kappa shape index (κ1) is 26.2. The van der Waals surface area contributed by atoms with E-state index in [-0.39, 0.29) is 24.2 Å². The number of hydrogen-bond acceptors (Lipinski definition) is 6. The summed E-state index contributed by atoms with van der Waals surface area (Å²) in [6.45, 7) is 1.44. The maximum Gasteiger partial charge on any atom is 0.217 e. The average Bonchev–Trinajstić information content (AvgIpc) is 2.84. The quantitative estimate of drug-likeness (QED) is 0.454. The molecule has 3 rings (SSSR count). The fraction of sp³-hybridized carbons (Fsp3) is 0.269. The van der Waals surface area contributed by atoms with Gasteiger partial charge in [0.15, 0.2) is 0 Å². The summed E-state index contributed by atoms with van der Waals surface area (Å²) in [6.07, 6.45) is 0. The number of rotatable bonds is 10. The lowest BCUT2D eigenvalue weighted by molar-refractivity contribution is 0.0803. The lowest BCUT2D eigenvalue weighted by Gasteiger charge is -2.29. The number of nitriles is 1. The molecule has 0 aromatic heterocycles. The minimum Gasteiger partial charge on any atom is -0.497 e. The zero-order valence-electron chi connectivity index (χ0n) is 19.7. The number of nitrogens with zero attached hydrogens (tertiary/aromatic N) is 2. The molecule has 0 saturated heterocycles. The summed E-state index contributed by atoms with van der Waals surface area (Å²) in [6, 6.07) is 19.3. The molecule has 0 aliphatic rings. The maximum atomic E-state index is 13.8. The first-order valence-corrected chi connectivity index (χ1v) is 12.3. The predicted octanol–water partition coefficient (Wildman–Crippen LogP) is 3.95. The Kier molecular flexibility index (Phi) is 8.12. The summed E-state index contributed by atoms with van der Waals surface area (Å²) < 4.78 is 52.5. The van der Waals surface area contributed by atoms with Gasteiger partial charge in [0.05, 0.1) is 25.5 Å². The summed E-state index contributed by atoms with van der Waals surface area (Å²) >= 11 is 0. The van der Waals surface area contributed by atoms with Crippen molar-refractivity contribution < 1.29 is 27.4 Å². The lowest BCUT2D eigenvalue weighted by atomic mass is 9.96. The standard InChI is InChI=1S/C26H27FN2O5S/c1-26(30,22-8-13-25(27)21(14-22)15-28)18-35(31,32)29(16-19-4-9-23(33-2)10-5-19)17-20-6-11-24(34-3)12-7-20/h4-14,30H,16-18H2,1-3H3. The van der Waals surface area contributed by atoms with Crippen LogP contribution in [0.1, 0.15) is 29.2 Å². The number of hydrogen-bond donors (Lipinski definition) is 1. The molecule has 1 unspecified atom stereocenters. The topological polar surface area (TPSA) is 99.9 Å². The van der Waals surface area contributed by atoms with Crippen LogP contribution in [0, 0.1) is 17.1 Å². The normalized spacial score (nSPS) is 13.2. The highest BCUT2D eigenvalue weighted by Gasteiger charge is 2.35. The van der Waals surface area contributed by atoms with Crippen molar-refractivity contribution in [3.05, 3.63) is 94.8 Å². The molecule has 0 bridgehead atoms. The van der Waals surface area contributed by atoms with Crippen molar-refractivity contribution in [2.24, 2.45) is 0 Å². The van der Waals surface area contributed by atoms with Crippen molar-refractivity contribution in [2.45, 2.75) is 25.6 Å². The SMILES string of the molecule is COc1ccc(CN(Cc2ccc(OC)cc2)S(=O)(=O)CC(C)(O)c2ccc(F)c(C#N)c2)cc1. The Bertz CT molecular complexity index is 1250. The van der Waals surface area contributed by atoms with Gasteiger partial charge in [0.2, 0.25) is 10.0 Å².